The lowest BCUT2D eigenvalue weighted by atomic mass is 9.71. The van der Waals surface area contributed by atoms with Crippen molar-refractivity contribution in [1.82, 2.24) is 4.90 Å². The third-order valence-electron chi connectivity index (χ3n) is 6.54. The van der Waals surface area contributed by atoms with Gasteiger partial charge < -0.3 is 5.11 Å². The van der Waals surface area contributed by atoms with Gasteiger partial charge in [0.15, 0.2) is 0 Å². The van der Waals surface area contributed by atoms with Crippen molar-refractivity contribution in [3.8, 4) is 0 Å². The molecule has 3 aliphatic rings. The second kappa shape index (κ2) is 6.28. The normalized spacial score (nSPS) is 45.0. The van der Waals surface area contributed by atoms with Gasteiger partial charge in [-0.2, -0.15) is 0 Å². The Morgan fingerprint density at radius 3 is 2.24 bits per heavy atom. The van der Waals surface area contributed by atoms with Crippen molar-refractivity contribution in [3.05, 3.63) is 0 Å². The van der Waals surface area contributed by atoms with Gasteiger partial charge in [-0.15, -0.1) is 0 Å². The molecule has 0 spiro atoms. The van der Waals surface area contributed by atoms with E-state index in [9.17, 15) is 9.90 Å². The number of hydrogen-bond acceptors (Lipinski definition) is 2. The first-order valence-corrected chi connectivity index (χ1v) is 9.10. The van der Waals surface area contributed by atoms with Crippen LogP contribution in [0.5, 0.6) is 0 Å². The second-order valence-corrected chi connectivity index (χ2v) is 7.87. The standard InChI is InChI=1S/C18H31NO2/c1-12-6-5-7-13(2)17(12)19-15-9-4-3-8-14(15)10-11-16(19)18(20)21/h12-17H,3-11H2,1-2H3,(H,20,21). The minimum absolute atomic E-state index is 0.225. The first-order chi connectivity index (χ1) is 10.1. The summed E-state index contributed by atoms with van der Waals surface area (Å²) >= 11 is 0. The molecule has 1 aliphatic heterocycles. The average Bonchev–Trinajstić information content (AvgIpc) is 2.46. The van der Waals surface area contributed by atoms with E-state index in [4.69, 9.17) is 0 Å². The summed E-state index contributed by atoms with van der Waals surface area (Å²) in [6.07, 6.45) is 11.1. The molecule has 3 rings (SSSR count). The summed E-state index contributed by atoms with van der Waals surface area (Å²) in [4.78, 5) is 14.4. The third kappa shape index (κ3) is 2.86. The summed E-state index contributed by atoms with van der Waals surface area (Å²) < 4.78 is 0. The number of carboxylic acid groups (broad SMARTS) is 1. The van der Waals surface area contributed by atoms with Crippen molar-refractivity contribution in [2.24, 2.45) is 17.8 Å². The van der Waals surface area contributed by atoms with Gasteiger partial charge in [-0.05, 0) is 56.3 Å². The molecule has 1 N–H and O–H groups in total. The number of carbonyl (C=O) groups is 1. The van der Waals surface area contributed by atoms with E-state index >= 15 is 0 Å². The molecule has 2 saturated carbocycles. The van der Waals surface area contributed by atoms with Crippen LogP contribution >= 0.6 is 0 Å². The Morgan fingerprint density at radius 1 is 0.905 bits per heavy atom. The fourth-order valence-electron chi connectivity index (χ4n) is 5.60. The maximum Gasteiger partial charge on any atom is 0.320 e. The predicted molar refractivity (Wildman–Crippen MR) is 84.2 cm³/mol. The van der Waals surface area contributed by atoms with E-state index in [1.54, 1.807) is 0 Å². The SMILES string of the molecule is CC1CCCC(C)C1N1C(C(=O)O)CCC2CCCCC21. The topological polar surface area (TPSA) is 40.5 Å². The van der Waals surface area contributed by atoms with Gasteiger partial charge in [-0.1, -0.05) is 33.1 Å². The van der Waals surface area contributed by atoms with Crippen molar-refractivity contribution in [3.63, 3.8) is 0 Å². The molecule has 0 aromatic rings. The fourth-order valence-corrected chi connectivity index (χ4v) is 5.60. The highest BCUT2D eigenvalue weighted by Crippen LogP contribution is 2.44. The Labute approximate surface area is 129 Å². The van der Waals surface area contributed by atoms with Crippen LogP contribution in [0.25, 0.3) is 0 Å². The molecule has 3 nitrogen and oxygen atoms in total. The van der Waals surface area contributed by atoms with Crippen LogP contribution in [-0.2, 0) is 4.79 Å². The summed E-state index contributed by atoms with van der Waals surface area (Å²) in [5.41, 5.74) is 0. The molecule has 1 saturated heterocycles. The predicted octanol–water partition coefficient (Wildman–Crippen LogP) is 3.92. The van der Waals surface area contributed by atoms with E-state index < -0.39 is 5.97 Å². The first-order valence-electron chi connectivity index (χ1n) is 9.10. The Balaban J connectivity index is 1.89. The summed E-state index contributed by atoms with van der Waals surface area (Å²) in [6, 6.07) is 0.810. The molecule has 0 amide bonds. The van der Waals surface area contributed by atoms with Gasteiger partial charge in [0.25, 0.3) is 0 Å². The van der Waals surface area contributed by atoms with E-state index in [1.807, 2.05) is 0 Å². The third-order valence-corrected chi connectivity index (χ3v) is 6.54. The number of likely N-dealkylation sites (tertiary alicyclic amines) is 1. The first kappa shape index (κ1) is 15.3. The van der Waals surface area contributed by atoms with Gasteiger partial charge in [-0.3, -0.25) is 9.69 Å². The molecule has 120 valence electrons. The van der Waals surface area contributed by atoms with Crippen LogP contribution in [0.2, 0.25) is 0 Å². The highest BCUT2D eigenvalue weighted by molar-refractivity contribution is 5.73. The molecular weight excluding hydrogens is 262 g/mol. The summed E-state index contributed by atoms with van der Waals surface area (Å²) in [6.45, 7) is 4.71. The Bertz CT molecular complexity index is 373. The summed E-state index contributed by atoms with van der Waals surface area (Å²) in [5, 5.41) is 9.76. The number of carboxylic acids is 1. The number of hydrogen-bond donors (Lipinski definition) is 1. The fraction of sp³-hybridized carbons (Fsp3) is 0.944. The number of fused-ring (bicyclic) bond motifs is 1. The number of nitrogens with zero attached hydrogens (tertiary/aromatic N) is 1. The van der Waals surface area contributed by atoms with Crippen LogP contribution in [0.15, 0.2) is 0 Å². The molecule has 21 heavy (non-hydrogen) atoms. The zero-order chi connectivity index (χ0) is 15.0. The van der Waals surface area contributed by atoms with Gasteiger partial charge in [0.05, 0.1) is 0 Å². The molecule has 5 unspecified atom stereocenters. The molecule has 3 fully saturated rings. The van der Waals surface area contributed by atoms with E-state index in [0.29, 0.717) is 23.9 Å². The van der Waals surface area contributed by atoms with Crippen LogP contribution in [0.3, 0.4) is 0 Å². The van der Waals surface area contributed by atoms with Gasteiger partial charge in [-0.25, -0.2) is 0 Å². The number of aliphatic carboxylic acids is 1. The Hall–Kier alpha value is -0.570. The molecule has 2 aliphatic carbocycles. The maximum atomic E-state index is 11.9. The van der Waals surface area contributed by atoms with Crippen LogP contribution in [0.1, 0.15) is 71.6 Å². The van der Waals surface area contributed by atoms with E-state index in [0.717, 1.165) is 18.8 Å². The molecular formula is C18H31NO2. The Morgan fingerprint density at radius 2 is 1.57 bits per heavy atom. The largest absolute Gasteiger partial charge is 0.480 e. The average molecular weight is 293 g/mol. The highest BCUT2D eigenvalue weighted by atomic mass is 16.4. The van der Waals surface area contributed by atoms with Crippen LogP contribution in [0.4, 0.5) is 0 Å². The van der Waals surface area contributed by atoms with E-state index in [1.165, 1.54) is 44.9 Å². The molecule has 0 aromatic carbocycles. The number of rotatable bonds is 2. The van der Waals surface area contributed by atoms with Crippen molar-refractivity contribution in [2.75, 3.05) is 0 Å². The smallest absolute Gasteiger partial charge is 0.320 e. The lowest BCUT2D eigenvalue weighted by Gasteiger charge is -2.54. The van der Waals surface area contributed by atoms with E-state index in [-0.39, 0.29) is 6.04 Å². The summed E-state index contributed by atoms with van der Waals surface area (Å²) in [7, 11) is 0. The van der Waals surface area contributed by atoms with Gasteiger partial charge in [0.2, 0.25) is 0 Å². The van der Waals surface area contributed by atoms with Crippen molar-refractivity contribution < 1.29 is 9.90 Å². The minimum Gasteiger partial charge on any atom is -0.480 e. The van der Waals surface area contributed by atoms with Gasteiger partial charge >= 0.3 is 5.97 Å². The lowest BCUT2D eigenvalue weighted by Crippen LogP contribution is -2.62. The molecule has 5 atom stereocenters. The van der Waals surface area contributed by atoms with Gasteiger partial charge in [0, 0.05) is 12.1 Å². The van der Waals surface area contributed by atoms with Gasteiger partial charge in [0.1, 0.15) is 6.04 Å². The molecule has 0 bridgehead atoms. The highest BCUT2D eigenvalue weighted by Gasteiger charge is 2.47. The van der Waals surface area contributed by atoms with Crippen LogP contribution in [-0.4, -0.2) is 34.1 Å². The maximum absolute atomic E-state index is 11.9. The van der Waals surface area contributed by atoms with Crippen molar-refractivity contribution in [2.45, 2.75) is 89.8 Å². The van der Waals surface area contributed by atoms with Crippen molar-refractivity contribution in [1.29, 1.82) is 0 Å². The van der Waals surface area contributed by atoms with E-state index in [2.05, 4.69) is 18.7 Å². The van der Waals surface area contributed by atoms with Crippen LogP contribution in [0, 0.1) is 17.8 Å². The molecule has 0 aromatic heterocycles. The second-order valence-electron chi connectivity index (χ2n) is 7.87. The minimum atomic E-state index is -0.580. The van der Waals surface area contributed by atoms with Crippen molar-refractivity contribution >= 4 is 5.97 Å². The zero-order valence-corrected chi connectivity index (χ0v) is 13.6. The quantitative estimate of drug-likeness (QED) is 0.839. The Kier molecular flexibility index (Phi) is 4.58. The monoisotopic (exact) mass is 293 g/mol. The molecule has 0 radical (unpaired) electrons. The molecule has 1 heterocycles. The zero-order valence-electron chi connectivity index (χ0n) is 13.6. The molecule has 3 heteroatoms. The van der Waals surface area contributed by atoms with Crippen LogP contribution < -0.4 is 0 Å². The lowest BCUT2D eigenvalue weighted by molar-refractivity contribution is -0.154. The number of piperidine rings is 1. The summed E-state index contributed by atoms with van der Waals surface area (Å²) in [5.74, 6) is 1.48.